The summed E-state index contributed by atoms with van der Waals surface area (Å²) in [5.41, 5.74) is 3.61. The van der Waals surface area contributed by atoms with Gasteiger partial charge in [-0.05, 0) is 62.1 Å². The first-order valence-electron chi connectivity index (χ1n) is 7.46. The van der Waals surface area contributed by atoms with Crippen LogP contribution in [0.4, 0.5) is 0 Å². The normalized spacial score (nSPS) is 23.4. The van der Waals surface area contributed by atoms with Gasteiger partial charge in [-0.3, -0.25) is 0 Å². The van der Waals surface area contributed by atoms with Gasteiger partial charge < -0.3 is 4.74 Å². The van der Waals surface area contributed by atoms with E-state index in [1.807, 2.05) is 0 Å². The maximum absolute atomic E-state index is 6.27. The van der Waals surface area contributed by atoms with Crippen molar-refractivity contribution < 1.29 is 4.74 Å². The number of benzene rings is 1. The van der Waals surface area contributed by atoms with Gasteiger partial charge in [0.05, 0.1) is 6.10 Å². The average Bonchev–Trinajstić information content (AvgIpc) is 2.43. The minimum atomic E-state index is 0.405. The van der Waals surface area contributed by atoms with Crippen molar-refractivity contribution in [1.29, 1.82) is 0 Å². The van der Waals surface area contributed by atoms with Crippen LogP contribution < -0.4 is 4.74 Å². The fourth-order valence-electron chi connectivity index (χ4n) is 3.13. The van der Waals surface area contributed by atoms with E-state index in [1.165, 1.54) is 48.8 Å². The smallest absolute Gasteiger partial charge is 0.125 e. The number of hydrogen-bond donors (Lipinski definition) is 0. The molecule has 19 heavy (non-hydrogen) atoms. The Kier molecular flexibility index (Phi) is 5.15. The Balaban J connectivity index is 2.03. The van der Waals surface area contributed by atoms with Gasteiger partial charge in [-0.1, -0.05) is 25.5 Å². The molecule has 0 aliphatic heterocycles. The second-order valence-electron chi connectivity index (χ2n) is 5.86. The van der Waals surface area contributed by atoms with Gasteiger partial charge in [0.1, 0.15) is 5.75 Å². The van der Waals surface area contributed by atoms with Gasteiger partial charge in [0, 0.05) is 5.88 Å². The van der Waals surface area contributed by atoms with E-state index in [1.54, 1.807) is 0 Å². The molecular formula is C17H25ClO. The lowest BCUT2D eigenvalue weighted by atomic mass is 9.86. The largest absolute Gasteiger partial charge is 0.490 e. The zero-order chi connectivity index (χ0) is 13.8. The third-order valence-corrected chi connectivity index (χ3v) is 4.64. The second kappa shape index (κ2) is 6.65. The Bertz CT molecular complexity index is 396. The summed E-state index contributed by atoms with van der Waals surface area (Å²) in [6, 6.07) is 4.29. The monoisotopic (exact) mass is 280 g/mol. The standard InChI is InChI=1S/C17H25ClO/c1-4-14-5-7-16(8-6-14)19-17-12(2)9-15(11-18)10-13(17)3/h9-10,14,16H,4-8,11H2,1-3H3. The molecule has 0 saturated heterocycles. The molecule has 1 aliphatic carbocycles. The summed E-state index contributed by atoms with van der Waals surface area (Å²) in [6.07, 6.45) is 6.76. The Morgan fingerprint density at radius 2 is 1.68 bits per heavy atom. The number of aryl methyl sites for hydroxylation is 2. The van der Waals surface area contributed by atoms with Crippen molar-refractivity contribution >= 4 is 11.6 Å². The highest BCUT2D eigenvalue weighted by atomic mass is 35.5. The number of alkyl halides is 1. The van der Waals surface area contributed by atoms with Gasteiger partial charge in [-0.2, -0.15) is 0 Å². The van der Waals surface area contributed by atoms with Crippen molar-refractivity contribution in [2.45, 2.75) is 64.9 Å². The molecule has 2 rings (SSSR count). The van der Waals surface area contributed by atoms with Crippen molar-refractivity contribution in [3.63, 3.8) is 0 Å². The van der Waals surface area contributed by atoms with E-state index in [2.05, 4.69) is 32.9 Å². The number of hydrogen-bond acceptors (Lipinski definition) is 1. The summed E-state index contributed by atoms with van der Waals surface area (Å²) in [5, 5.41) is 0. The van der Waals surface area contributed by atoms with Crippen molar-refractivity contribution in [2.75, 3.05) is 0 Å². The van der Waals surface area contributed by atoms with Crippen LogP contribution in [0.25, 0.3) is 0 Å². The van der Waals surface area contributed by atoms with Crippen LogP contribution in [0.3, 0.4) is 0 Å². The Morgan fingerprint density at radius 1 is 1.11 bits per heavy atom. The fraction of sp³-hybridized carbons (Fsp3) is 0.647. The third kappa shape index (κ3) is 3.66. The van der Waals surface area contributed by atoms with E-state index in [-0.39, 0.29) is 0 Å². The van der Waals surface area contributed by atoms with Crippen LogP contribution in [0.5, 0.6) is 5.75 Å². The number of ether oxygens (including phenoxy) is 1. The number of halogens is 1. The lowest BCUT2D eigenvalue weighted by Crippen LogP contribution is -2.24. The minimum Gasteiger partial charge on any atom is -0.490 e. The van der Waals surface area contributed by atoms with Crippen LogP contribution in [0.15, 0.2) is 12.1 Å². The molecule has 2 heteroatoms. The highest BCUT2D eigenvalue weighted by molar-refractivity contribution is 6.17. The van der Waals surface area contributed by atoms with Crippen LogP contribution in [0, 0.1) is 19.8 Å². The molecule has 1 nitrogen and oxygen atoms in total. The molecule has 0 atom stereocenters. The topological polar surface area (TPSA) is 9.23 Å². The van der Waals surface area contributed by atoms with Gasteiger partial charge in [-0.25, -0.2) is 0 Å². The molecule has 0 unspecified atom stereocenters. The average molecular weight is 281 g/mol. The lowest BCUT2D eigenvalue weighted by molar-refractivity contribution is 0.128. The van der Waals surface area contributed by atoms with E-state index < -0.39 is 0 Å². The molecule has 0 aromatic heterocycles. The van der Waals surface area contributed by atoms with Gasteiger partial charge in [0.25, 0.3) is 0 Å². The molecule has 0 bridgehead atoms. The quantitative estimate of drug-likeness (QED) is 0.672. The first kappa shape index (κ1) is 14.7. The molecule has 0 spiro atoms. The predicted octanol–water partition coefficient (Wildman–Crippen LogP) is 5.39. The van der Waals surface area contributed by atoms with E-state index in [0.29, 0.717) is 12.0 Å². The Morgan fingerprint density at radius 3 is 2.16 bits per heavy atom. The first-order chi connectivity index (χ1) is 9.13. The van der Waals surface area contributed by atoms with E-state index in [9.17, 15) is 0 Å². The van der Waals surface area contributed by atoms with Gasteiger partial charge >= 0.3 is 0 Å². The molecular weight excluding hydrogens is 256 g/mol. The predicted molar refractivity (Wildman–Crippen MR) is 82.1 cm³/mol. The second-order valence-corrected chi connectivity index (χ2v) is 6.13. The van der Waals surface area contributed by atoms with Gasteiger partial charge in [0.2, 0.25) is 0 Å². The summed E-state index contributed by atoms with van der Waals surface area (Å²) in [7, 11) is 0. The van der Waals surface area contributed by atoms with Gasteiger partial charge in [-0.15, -0.1) is 11.6 Å². The maximum atomic E-state index is 6.27. The summed E-state index contributed by atoms with van der Waals surface area (Å²) in [4.78, 5) is 0. The highest BCUT2D eigenvalue weighted by Gasteiger charge is 2.22. The summed E-state index contributed by atoms with van der Waals surface area (Å²) in [6.45, 7) is 6.54. The highest BCUT2D eigenvalue weighted by Crippen LogP contribution is 2.32. The molecule has 1 aromatic rings. The van der Waals surface area contributed by atoms with E-state index in [0.717, 1.165) is 11.7 Å². The summed E-state index contributed by atoms with van der Waals surface area (Å²) >= 11 is 5.91. The third-order valence-electron chi connectivity index (χ3n) is 4.33. The summed E-state index contributed by atoms with van der Waals surface area (Å²) < 4.78 is 6.27. The fourth-order valence-corrected chi connectivity index (χ4v) is 3.28. The Labute approximate surface area is 122 Å². The SMILES string of the molecule is CCC1CCC(Oc2c(C)cc(CCl)cc2C)CC1. The molecule has 1 fully saturated rings. The van der Waals surface area contributed by atoms with Crippen LogP contribution in [-0.2, 0) is 5.88 Å². The Hall–Kier alpha value is -0.690. The maximum Gasteiger partial charge on any atom is 0.125 e. The van der Waals surface area contributed by atoms with Crippen molar-refractivity contribution in [1.82, 2.24) is 0 Å². The van der Waals surface area contributed by atoms with Crippen LogP contribution >= 0.6 is 11.6 Å². The zero-order valence-electron chi connectivity index (χ0n) is 12.3. The minimum absolute atomic E-state index is 0.405. The molecule has 0 radical (unpaired) electrons. The van der Waals surface area contributed by atoms with Crippen LogP contribution in [0.1, 0.15) is 55.7 Å². The molecule has 1 saturated carbocycles. The molecule has 106 valence electrons. The molecule has 1 aromatic carbocycles. The van der Waals surface area contributed by atoms with Crippen LogP contribution in [0.2, 0.25) is 0 Å². The molecule has 0 heterocycles. The van der Waals surface area contributed by atoms with Crippen molar-refractivity contribution in [2.24, 2.45) is 5.92 Å². The lowest BCUT2D eigenvalue weighted by Gasteiger charge is -2.29. The van der Waals surface area contributed by atoms with Gasteiger partial charge in [0.15, 0.2) is 0 Å². The van der Waals surface area contributed by atoms with E-state index in [4.69, 9.17) is 16.3 Å². The molecule has 1 aliphatic rings. The molecule has 0 amide bonds. The summed E-state index contributed by atoms with van der Waals surface area (Å²) in [5.74, 6) is 2.57. The van der Waals surface area contributed by atoms with E-state index >= 15 is 0 Å². The molecule has 0 N–H and O–H groups in total. The first-order valence-corrected chi connectivity index (χ1v) is 8.00. The van der Waals surface area contributed by atoms with Crippen molar-refractivity contribution in [3.8, 4) is 5.75 Å². The number of rotatable bonds is 4. The zero-order valence-corrected chi connectivity index (χ0v) is 13.1. The van der Waals surface area contributed by atoms with Crippen molar-refractivity contribution in [3.05, 3.63) is 28.8 Å². The van der Waals surface area contributed by atoms with Crippen LogP contribution in [-0.4, -0.2) is 6.10 Å².